The van der Waals surface area contributed by atoms with E-state index in [9.17, 15) is 5.11 Å². The first-order chi connectivity index (χ1) is 9.22. The highest BCUT2D eigenvalue weighted by Gasteiger charge is 2.10. The van der Waals surface area contributed by atoms with Gasteiger partial charge < -0.3 is 14.6 Å². The van der Waals surface area contributed by atoms with Gasteiger partial charge in [0.05, 0.1) is 20.3 Å². The second kappa shape index (κ2) is 6.25. The van der Waals surface area contributed by atoms with E-state index in [-0.39, 0.29) is 0 Å². The molecule has 0 bridgehead atoms. The molecule has 0 saturated carbocycles. The predicted molar refractivity (Wildman–Crippen MR) is 74.7 cm³/mol. The molecule has 0 aliphatic heterocycles. The van der Waals surface area contributed by atoms with Gasteiger partial charge in [-0.25, -0.2) is 0 Å². The first-order valence-corrected chi connectivity index (χ1v) is 6.18. The monoisotopic (exact) mass is 258 g/mol. The zero-order valence-electron chi connectivity index (χ0n) is 11.2. The molecule has 19 heavy (non-hydrogen) atoms. The third kappa shape index (κ3) is 3.48. The summed E-state index contributed by atoms with van der Waals surface area (Å²) in [5.74, 6) is 1.55. The summed E-state index contributed by atoms with van der Waals surface area (Å²) in [6, 6.07) is 15.2. The van der Waals surface area contributed by atoms with Crippen molar-refractivity contribution in [3.05, 3.63) is 59.7 Å². The van der Waals surface area contributed by atoms with Crippen LogP contribution in [-0.4, -0.2) is 19.3 Å². The maximum atomic E-state index is 10.3. The number of aliphatic hydroxyl groups excluding tert-OH is 1. The smallest absolute Gasteiger partial charge is 0.119 e. The van der Waals surface area contributed by atoms with Gasteiger partial charge in [-0.15, -0.1) is 0 Å². The van der Waals surface area contributed by atoms with Crippen LogP contribution in [0.4, 0.5) is 0 Å². The second-order valence-corrected chi connectivity index (χ2v) is 4.35. The summed E-state index contributed by atoms with van der Waals surface area (Å²) in [5.41, 5.74) is 1.89. The first-order valence-electron chi connectivity index (χ1n) is 6.18. The maximum absolute atomic E-state index is 10.3. The van der Waals surface area contributed by atoms with Crippen LogP contribution in [0.2, 0.25) is 0 Å². The Labute approximate surface area is 113 Å². The molecular formula is C16H18O3. The fourth-order valence-corrected chi connectivity index (χ4v) is 1.99. The molecule has 0 heterocycles. The lowest BCUT2D eigenvalue weighted by atomic mass is 10.0. The molecule has 0 fully saturated rings. The maximum Gasteiger partial charge on any atom is 0.119 e. The molecule has 100 valence electrons. The lowest BCUT2D eigenvalue weighted by Crippen LogP contribution is -2.02. The number of hydrogen-bond donors (Lipinski definition) is 1. The third-order valence-corrected chi connectivity index (χ3v) is 3.04. The summed E-state index contributed by atoms with van der Waals surface area (Å²) in [7, 11) is 3.26. The molecule has 0 aliphatic rings. The van der Waals surface area contributed by atoms with E-state index in [4.69, 9.17) is 9.47 Å². The molecule has 2 aromatic carbocycles. The van der Waals surface area contributed by atoms with Crippen molar-refractivity contribution in [2.45, 2.75) is 12.5 Å². The van der Waals surface area contributed by atoms with Crippen molar-refractivity contribution >= 4 is 0 Å². The molecule has 0 radical (unpaired) electrons. The highest BCUT2D eigenvalue weighted by atomic mass is 16.5. The summed E-state index contributed by atoms with van der Waals surface area (Å²) >= 11 is 0. The van der Waals surface area contributed by atoms with Crippen molar-refractivity contribution in [2.24, 2.45) is 0 Å². The van der Waals surface area contributed by atoms with E-state index < -0.39 is 6.10 Å². The molecule has 0 saturated heterocycles. The number of benzene rings is 2. The quantitative estimate of drug-likeness (QED) is 0.896. The van der Waals surface area contributed by atoms with E-state index in [1.54, 1.807) is 14.2 Å². The number of aliphatic hydroxyl groups is 1. The van der Waals surface area contributed by atoms with Gasteiger partial charge in [-0.2, -0.15) is 0 Å². The predicted octanol–water partition coefficient (Wildman–Crippen LogP) is 2.98. The molecule has 1 N–H and O–H groups in total. The molecule has 3 nitrogen and oxygen atoms in total. The normalized spacial score (nSPS) is 11.9. The van der Waals surface area contributed by atoms with Gasteiger partial charge in [0.25, 0.3) is 0 Å². The standard InChI is InChI=1S/C16H18O3/c1-18-14-7-3-5-12(9-14)10-16(17)13-6-4-8-15(11-13)19-2/h3-9,11,16-17H,10H2,1-2H3. The lowest BCUT2D eigenvalue weighted by Gasteiger charge is -2.13. The Kier molecular flexibility index (Phi) is 4.42. The molecule has 2 rings (SSSR count). The van der Waals surface area contributed by atoms with Crippen LogP contribution in [0.5, 0.6) is 11.5 Å². The summed E-state index contributed by atoms with van der Waals surface area (Å²) < 4.78 is 10.3. The van der Waals surface area contributed by atoms with E-state index in [2.05, 4.69) is 0 Å². The van der Waals surface area contributed by atoms with Gasteiger partial charge in [0.15, 0.2) is 0 Å². The van der Waals surface area contributed by atoms with Crippen molar-refractivity contribution in [3.8, 4) is 11.5 Å². The van der Waals surface area contributed by atoms with Gasteiger partial charge in [0.1, 0.15) is 11.5 Å². The fourth-order valence-electron chi connectivity index (χ4n) is 1.99. The average Bonchev–Trinajstić information content (AvgIpc) is 2.47. The van der Waals surface area contributed by atoms with Crippen molar-refractivity contribution in [1.29, 1.82) is 0 Å². The van der Waals surface area contributed by atoms with E-state index in [1.807, 2.05) is 48.5 Å². The molecule has 3 heteroatoms. The molecule has 0 aliphatic carbocycles. The number of rotatable bonds is 5. The summed E-state index contributed by atoms with van der Waals surface area (Å²) in [4.78, 5) is 0. The van der Waals surface area contributed by atoms with E-state index in [1.165, 1.54) is 0 Å². The van der Waals surface area contributed by atoms with Crippen LogP contribution in [0.25, 0.3) is 0 Å². The number of methoxy groups -OCH3 is 2. The Morgan fingerprint density at radius 2 is 1.58 bits per heavy atom. The minimum Gasteiger partial charge on any atom is -0.497 e. The Morgan fingerprint density at radius 1 is 0.947 bits per heavy atom. The van der Waals surface area contributed by atoms with Crippen LogP contribution >= 0.6 is 0 Å². The van der Waals surface area contributed by atoms with Crippen LogP contribution in [0.3, 0.4) is 0 Å². The van der Waals surface area contributed by atoms with Gasteiger partial charge in [-0.05, 0) is 35.4 Å². The largest absolute Gasteiger partial charge is 0.497 e. The number of hydrogen-bond acceptors (Lipinski definition) is 3. The van der Waals surface area contributed by atoms with Gasteiger partial charge in [-0.3, -0.25) is 0 Å². The van der Waals surface area contributed by atoms with Crippen molar-refractivity contribution in [1.82, 2.24) is 0 Å². The molecule has 0 amide bonds. The second-order valence-electron chi connectivity index (χ2n) is 4.35. The fraction of sp³-hybridized carbons (Fsp3) is 0.250. The summed E-state index contributed by atoms with van der Waals surface area (Å²) in [5, 5.41) is 10.3. The van der Waals surface area contributed by atoms with Crippen molar-refractivity contribution in [3.63, 3.8) is 0 Å². The minimum atomic E-state index is -0.554. The van der Waals surface area contributed by atoms with E-state index >= 15 is 0 Å². The Hall–Kier alpha value is -2.00. The first kappa shape index (κ1) is 13.4. The van der Waals surface area contributed by atoms with Crippen molar-refractivity contribution in [2.75, 3.05) is 14.2 Å². The highest BCUT2D eigenvalue weighted by molar-refractivity contribution is 5.33. The molecule has 0 spiro atoms. The lowest BCUT2D eigenvalue weighted by molar-refractivity contribution is 0.178. The van der Waals surface area contributed by atoms with E-state index in [0.29, 0.717) is 6.42 Å². The van der Waals surface area contributed by atoms with Crippen LogP contribution in [0.1, 0.15) is 17.2 Å². The Morgan fingerprint density at radius 3 is 2.26 bits per heavy atom. The molecule has 1 atom stereocenters. The topological polar surface area (TPSA) is 38.7 Å². The van der Waals surface area contributed by atoms with Gasteiger partial charge in [0.2, 0.25) is 0 Å². The van der Waals surface area contributed by atoms with Gasteiger partial charge in [0, 0.05) is 6.42 Å². The van der Waals surface area contributed by atoms with Crippen LogP contribution in [0.15, 0.2) is 48.5 Å². The van der Waals surface area contributed by atoms with Crippen molar-refractivity contribution < 1.29 is 14.6 Å². The average molecular weight is 258 g/mol. The molecule has 1 unspecified atom stereocenters. The van der Waals surface area contributed by atoms with E-state index in [0.717, 1.165) is 22.6 Å². The van der Waals surface area contributed by atoms with Crippen LogP contribution in [-0.2, 0) is 6.42 Å². The minimum absolute atomic E-state index is 0.546. The summed E-state index contributed by atoms with van der Waals surface area (Å²) in [6.45, 7) is 0. The van der Waals surface area contributed by atoms with Gasteiger partial charge >= 0.3 is 0 Å². The highest BCUT2D eigenvalue weighted by Crippen LogP contribution is 2.23. The Bertz CT molecular complexity index is 537. The molecular weight excluding hydrogens is 240 g/mol. The SMILES string of the molecule is COc1cccc(CC(O)c2cccc(OC)c2)c1. The van der Waals surface area contributed by atoms with Crippen LogP contribution < -0.4 is 9.47 Å². The summed E-state index contributed by atoms with van der Waals surface area (Å²) in [6.07, 6.45) is -0.00751. The zero-order valence-corrected chi connectivity index (χ0v) is 11.2. The third-order valence-electron chi connectivity index (χ3n) is 3.04. The van der Waals surface area contributed by atoms with Gasteiger partial charge in [-0.1, -0.05) is 24.3 Å². The number of ether oxygens (including phenoxy) is 2. The molecule has 2 aromatic rings. The Balaban J connectivity index is 2.13. The zero-order chi connectivity index (χ0) is 13.7. The van der Waals surface area contributed by atoms with Crippen LogP contribution in [0, 0.1) is 0 Å². The molecule has 0 aromatic heterocycles.